The molecule has 5 heteroatoms. The normalized spacial score (nSPS) is 11.6. The Kier molecular flexibility index (Phi) is 2.59. The number of fused-ring (bicyclic) bond motifs is 3. The van der Waals surface area contributed by atoms with Gasteiger partial charge in [-0.2, -0.15) is 0 Å². The lowest BCUT2D eigenvalue weighted by Crippen LogP contribution is -1.92. The molecule has 0 spiro atoms. The Bertz CT molecular complexity index is 963. The smallest absolute Gasteiger partial charge is 0.172 e. The molecule has 3 heterocycles. The third-order valence-electron chi connectivity index (χ3n) is 3.89. The Morgan fingerprint density at radius 3 is 2.52 bits per heavy atom. The zero-order valence-electron chi connectivity index (χ0n) is 12.1. The van der Waals surface area contributed by atoms with E-state index in [0.29, 0.717) is 0 Å². The molecule has 0 unspecified atom stereocenters. The Labute approximate surface area is 126 Å². The fraction of sp³-hybridized carbons (Fsp3) is 0.188. The van der Waals surface area contributed by atoms with Crippen LogP contribution in [0.3, 0.4) is 0 Å². The predicted octanol–water partition coefficient (Wildman–Crippen LogP) is 3.93. The Hall–Kier alpha value is -2.27. The third-order valence-corrected chi connectivity index (χ3v) is 5.00. The first-order valence-corrected chi connectivity index (χ1v) is 7.63. The van der Waals surface area contributed by atoms with E-state index >= 15 is 0 Å². The molecular weight excluding hydrogens is 280 g/mol. The average molecular weight is 294 g/mol. The van der Waals surface area contributed by atoms with Crippen molar-refractivity contribution in [3.63, 3.8) is 0 Å². The average Bonchev–Trinajstić information content (AvgIpc) is 3.02. The number of aryl methyl sites for hydroxylation is 3. The van der Waals surface area contributed by atoms with Crippen molar-refractivity contribution in [3.8, 4) is 11.4 Å². The summed E-state index contributed by atoms with van der Waals surface area (Å²) in [5, 5.41) is 9.89. The minimum Gasteiger partial charge on any atom is -0.265 e. The molecule has 0 amide bonds. The van der Waals surface area contributed by atoms with Crippen molar-refractivity contribution in [3.05, 3.63) is 46.6 Å². The van der Waals surface area contributed by atoms with Crippen molar-refractivity contribution in [1.82, 2.24) is 19.6 Å². The number of nitrogens with zero attached hydrogens (tertiary/aromatic N) is 4. The summed E-state index contributed by atoms with van der Waals surface area (Å²) in [6, 6.07) is 8.31. The lowest BCUT2D eigenvalue weighted by Gasteiger charge is -2.01. The zero-order valence-corrected chi connectivity index (χ0v) is 12.9. The summed E-state index contributed by atoms with van der Waals surface area (Å²) in [6.45, 7) is 6.32. The number of rotatable bonds is 1. The maximum Gasteiger partial charge on any atom is 0.172 e. The van der Waals surface area contributed by atoms with E-state index < -0.39 is 0 Å². The van der Waals surface area contributed by atoms with Gasteiger partial charge in [-0.25, -0.2) is 4.98 Å². The molecule has 0 N–H and O–H groups in total. The fourth-order valence-electron chi connectivity index (χ4n) is 2.54. The van der Waals surface area contributed by atoms with Crippen LogP contribution in [-0.2, 0) is 0 Å². The van der Waals surface area contributed by atoms with Gasteiger partial charge < -0.3 is 0 Å². The van der Waals surface area contributed by atoms with E-state index in [-0.39, 0.29) is 0 Å². The lowest BCUT2D eigenvalue weighted by atomic mass is 10.1. The van der Waals surface area contributed by atoms with Gasteiger partial charge in [0, 0.05) is 10.4 Å². The largest absolute Gasteiger partial charge is 0.265 e. The molecule has 0 radical (unpaired) electrons. The van der Waals surface area contributed by atoms with Gasteiger partial charge in [-0.05, 0) is 26.3 Å². The second-order valence-corrected chi connectivity index (χ2v) is 6.49. The number of hydrogen-bond donors (Lipinski definition) is 0. The van der Waals surface area contributed by atoms with Crippen molar-refractivity contribution < 1.29 is 0 Å². The van der Waals surface area contributed by atoms with Crippen LogP contribution in [0.1, 0.15) is 16.0 Å². The quantitative estimate of drug-likeness (QED) is 0.534. The summed E-state index contributed by atoms with van der Waals surface area (Å²) >= 11 is 1.71. The topological polar surface area (TPSA) is 43.1 Å². The van der Waals surface area contributed by atoms with Gasteiger partial charge in [-0.1, -0.05) is 29.8 Å². The number of thiophene rings is 1. The van der Waals surface area contributed by atoms with E-state index in [4.69, 9.17) is 0 Å². The summed E-state index contributed by atoms with van der Waals surface area (Å²) in [4.78, 5) is 6.88. The van der Waals surface area contributed by atoms with Gasteiger partial charge in [0.05, 0.1) is 5.39 Å². The van der Waals surface area contributed by atoms with E-state index in [0.717, 1.165) is 27.3 Å². The fourth-order valence-corrected chi connectivity index (χ4v) is 3.54. The molecule has 0 aliphatic rings. The minimum absolute atomic E-state index is 0.836. The molecule has 3 aromatic heterocycles. The molecule has 104 valence electrons. The molecule has 0 bridgehead atoms. The van der Waals surface area contributed by atoms with Gasteiger partial charge in [0.25, 0.3) is 0 Å². The van der Waals surface area contributed by atoms with Gasteiger partial charge in [0.1, 0.15) is 11.2 Å². The molecule has 0 aliphatic heterocycles. The van der Waals surface area contributed by atoms with Gasteiger partial charge >= 0.3 is 0 Å². The van der Waals surface area contributed by atoms with Crippen LogP contribution in [0.2, 0.25) is 0 Å². The van der Waals surface area contributed by atoms with Crippen LogP contribution in [0.5, 0.6) is 0 Å². The molecule has 0 fully saturated rings. The van der Waals surface area contributed by atoms with E-state index in [1.54, 1.807) is 11.3 Å². The van der Waals surface area contributed by atoms with Gasteiger partial charge in [0.15, 0.2) is 11.5 Å². The van der Waals surface area contributed by atoms with Crippen LogP contribution in [-0.4, -0.2) is 19.6 Å². The highest BCUT2D eigenvalue weighted by molar-refractivity contribution is 7.18. The minimum atomic E-state index is 0.836. The van der Waals surface area contributed by atoms with Crippen LogP contribution in [0.15, 0.2) is 30.6 Å². The number of benzene rings is 1. The van der Waals surface area contributed by atoms with E-state index in [1.165, 1.54) is 16.0 Å². The molecule has 4 rings (SSSR count). The first-order chi connectivity index (χ1) is 10.1. The second kappa shape index (κ2) is 4.36. The predicted molar refractivity (Wildman–Crippen MR) is 85.8 cm³/mol. The molecule has 21 heavy (non-hydrogen) atoms. The zero-order chi connectivity index (χ0) is 14.6. The molecule has 0 aliphatic carbocycles. The first-order valence-electron chi connectivity index (χ1n) is 6.81. The summed E-state index contributed by atoms with van der Waals surface area (Å²) < 4.78 is 1.98. The number of hydrogen-bond acceptors (Lipinski definition) is 4. The molecule has 1 aromatic carbocycles. The van der Waals surface area contributed by atoms with Crippen molar-refractivity contribution in [2.75, 3.05) is 0 Å². The van der Waals surface area contributed by atoms with Gasteiger partial charge in [-0.15, -0.1) is 21.5 Å². The van der Waals surface area contributed by atoms with Crippen molar-refractivity contribution in [2.45, 2.75) is 20.8 Å². The van der Waals surface area contributed by atoms with Crippen LogP contribution >= 0.6 is 11.3 Å². The maximum absolute atomic E-state index is 4.57. The first kappa shape index (κ1) is 12.5. The van der Waals surface area contributed by atoms with Crippen LogP contribution in [0, 0.1) is 20.8 Å². The maximum atomic E-state index is 4.57. The highest BCUT2D eigenvalue weighted by Gasteiger charge is 2.15. The van der Waals surface area contributed by atoms with Crippen molar-refractivity contribution in [2.24, 2.45) is 0 Å². The highest BCUT2D eigenvalue weighted by atomic mass is 32.1. The van der Waals surface area contributed by atoms with Gasteiger partial charge in [0.2, 0.25) is 0 Å². The summed E-state index contributed by atoms with van der Waals surface area (Å²) in [5.74, 6) is 0.836. The number of aromatic nitrogens is 4. The van der Waals surface area contributed by atoms with E-state index in [1.807, 2.05) is 10.7 Å². The van der Waals surface area contributed by atoms with Crippen LogP contribution in [0.25, 0.3) is 27.3 Å². The summed E-state index contributed by atoms with van der Waals surface area (Å²) in [7, 11) is 0. The van der Waals surface area contributed by atoms with Gasteiger partial charge in [-0.3, -0.25) is 4.40 Å². The SMILES string of the molecule is Cc1ccc(-c2nnc3c4c(C)c(C)sc4ncn23)cc1. The molecule has 0 saturated heterocycles. The highest BCUT2D eigenvalue weighted by Crippen LogP contribution is 2.32. The molecule has 0 atom stereocenters. The monoisotopic (exact) mass is 294 g/mol. The Morgan fingerprint density at radius 1 is 1.00 bits per heavy atom. The van der Waals surface area contributed by atoms with Crippen molar-refractivity contribution >= 4 is 27.2 Å². The third kappa shape index (κ3) is 1.77. The molecule has 4 nitrogen and oxygen atoms in total. The summed E-state index contributed by atoms with van der Waals surface area (Å²) in [5.41, 5.74) is 4.42. The van der Waals surface area contributed by atoms with E-state index in [2.05, 4.69) is 60.2 Å². The van der Waals surface area contributed by atoms with Crippen molar-refractivity contribution in [1.29, 1.82) is 0 Å². The van der Waals surface area contributed by atoms with Crippen LogP contribution in [0.4, 0.5) is 0 Å². The molecule has 0 saturated carbocycles. The Morgan fingerprint density at radius 2 is 1.76 bits per heavy atom. The Balaban J connectivity index is 2.04. The second-order valence-electron chi connectivity index (χ2n) is 5.29. The lowest BCUT2D eigenvalue weighted by molar-refractivity contribution is 1.09. The summed E-state index contributed by atoms with van der Waals surface area (Å²) in [6.07, 6.45) is 1.82. The van der Waals surface area contributed by atoms with Crippen LogP contribution < -0.4 is 0 Å². The molecular formula is C16H14N4S. The standard InChI is InChI=1S/C16H14N4S/c1-9-4-6-12(7-5-9)14-18-19-15-13-10(2)11(3)21-16(13)17-8-20(14)15/h4-8H,1-3H3. The van der Waals surface area contributed by atoms with E-state index in [9.17, 15) is 0 Å². The molecule has 4 aromatic rings.